The van der Waals surface area contributed by atoms with Gasteiger partial charge in [0.25, 0.3) is 0 Å². The van der Waals surface area contributed by atoms with Crippen molar-refractivity contribution in [2.75, 3.05) is 5.43 Å². The molecule has 2 rings (SSSR count). The van der Waals surface area contributed by atoms with E-state index in [1.54, 1.807) is 6.92 Å². The summed E-state index contributed by atoms with van der Waals surface area (Å²) in [7, 11) is 0. The molecule has 1 aromatic heterocycles. The third-order valence-electron chi connectivity index (χ3n) is 2.68. The molecule has 1 heterocycles. The topological polar surface area (TPSA) is 90.6 Å². The predicted octanol–water partition coefficient (Wildman–Crippen LogP) is 2.34. The van der Waals surface area contributed by atoms with Crippen LogP contribution in [0.1, 0.15) is 23.9 Å². The largest absolute Gasteiger partial charge is 0.508 e. The van der Waals surface area contributed by atoms with Crippen LogP contribution in [0.5, 0.6) is 11.5 Å². The van der Waals surface area contributed by atoms with Crippen molar-refractivity contribution in [2.45, 2.75) is 20.8 Å². The van der Waals surface area contributed by atoms with Gasteiger partial charge in [0, 0.05) is 17.0 Å². The van der Waals surface area contributed by atoms with Crippen LogP contribution in [0.15, 0.2) is 29.4 Å². The minimum atomic E-state index is 0.0483. The first-order chi connectivity index (χ1) is 9.45. The molecule has 0 atom stereocenters. The molecule has 6 heteroatoms. The van der Waals surface area contributed by atoms with Crippen LogP contribution in [0.4, 0.5) is 5.95 Å². The van der Waals surface area contributed by atoms with Gasteiger partial charge in [-0.2, -0.15) is 5.10 Å². The van der Waals surface area contributed by atoms with E-state index >= 15 is 0 Å². The van der Waals surface area contributed by atoms with Crippen molar-refractivity contribution >= 4 is 11.7 Å². The molecular formula is C14H16N4O2. The number of aryl methyl sites for hydroxylation is 2. The van der Waals surface area contributed by atoms with Crippen molar-refractivity contribution in [3.63, 3.8) is 0 Å². The smallest absolute Gasteiger partial charge is 0.243 e. The summed E-state index contributed by atoms with van der Waals surface area (Å²) < 4.78 is 0. The molecule has 0 aliphatic carbocycles. The second-order valence-electron chi connectivity index (χ2n) is 4.48. The van der Waals surface area contributed by atoms with E-state index in [9.17, 15) is 10.2 Å². The number of aromatic hydroxyl groups is 2. The summed E-state index contributed by atoms with van der Waals surface area (Å²) in [5, 5.41) is 23.3. The summed E-state index contributed by atoms with van der Waals surface area (Å²) in [6, 6.07) is 6.13. The summed E-state index contributed by atoms with van der Waals surface area (Å²) in [5.41, 5.74) is 5.39. The molecule has 0 saturated heterocycles. The molecule has 0 amide bonds. The minimum absolute atomic E-state index is 0.0483. The molecule has 0 aliphatic rings. The summed E-state index contributed by atoms with van der Waals surface area (Å²) in [6.07, 6.45) is 0. The van der Waals surface area contributed by atoms with Gasteiger partial charge in [0.15, 0.2) is 0 Å². The van der Waals surface area contributed by atoms with Crippen LogP contribution in [-0.2, 0) is 0 Å². The molecule has 3 N–H and O–H groups in total. The third kappa shape index (κ3) is 3.23. The molecule has 0 radical (unpaired) electrons. The fourth-order valence-corrected chi connectivity index (χ4v) is 1.78. The van der Waals surface area contributed by atoms with Crippen molar-refractivity contribution in [3.8, 4) is 11.5 Å². The van der Waals surface area contributed by atoms with Crippen LogP contribution in [0, 0.1) is 13.8 Å². The highest BCUT2D eigenvalue weighted by molar-refractivity contribution is 6.01. The quantitative estimate of drug-likeness (QED) is 0.453. The lowest BCUT2D eigenvalue weighted by molar-refractivity contribution is 0.459. The molecule has 6 nitrogen and oxygen atoms in total. The van der Waals surface area contributed by atoms with Gasteiger partial charge in [-0.05, 0) is 45.0 Å². The highest BCUT2D eigenvalue weighted by atomic mass is 16.3. The van der Waals surface area contributed by atoms with E-state index in [2.05, 4.69) is 20.5 Å². The predicted molar refractivity (Wildman–Crippen MR) is 77.1 cm³/mol. The summed E-state index contributed by atoms with van der Waals surface area (Å²) in [5.74, 6) is 0.503. The average Bonchev–Trinajstić information content (AvgIpc) is 2.38. The highest BCUT2D eigenvalue weighted by Gasteiger charge is 2.06. The Hall–Kier alpha value is -2.63. The van der Waals surface area contributed by atoms with Gasteiger partial charge in [0.1, 0.15) is 11.5 Å². The Bertz CT molecular complexity index is 648. The second-order valence-corrected chi connectivity index (χ2v) is 4.48. The van der Waals surface area contributed by atoms with Crippen molar-refractivity contribution in [3.05, 3.63) is 41.2 Å². The number of hydrogen-bond acceptors (Lipinski definition) is 6. The minimum Gasteiger partial charge on any atom is -0.508 e. The van der Waals surface area contributed by atoms with E-state index in [-0.39, 0.29) is 11.5 Å². The third-order valence-corrected chi connectivity index (χ3v) is 2.68. The molecule has 0 fully saturated rings. The molecular weight excluding hydrogens is 256 g/mol. The SMILES string of the molecule is C/C(=N\Nc1nc(C)cc(C)n1)c1cc(O)ccc1O. The Morgan fingerprint density at radius 1 is 1.10 bits per heavy atom. The maximum absolute atomic E-state index is 9.74. The number of benzene rings is 1. The number of nitrogens with zero attached hydrogens (tertiary/aromatic N) is 3. The van der Waals surface area contributed by atoms with Crippen LogP contribution >= 0.6 is 0 Å². The van der Waals surface area contributed by atoms with Crippen molar-refractivity contribution in [1.29, 1.82) is 0 Å². The van der Waals surface area contributed by atoms with Gasteiger partial charge in [-0.3, -0.25) is 0 Å². The Balaban J connectivity index is 2.24. The monoisotopic (exact) mass is 272 g/mol. The van der Waals surface area contributed by atoms with E-state index in [1.807, 2.05) is 19.9 Å². The number of phenolic OH excluding ortho intramolecular Hbond substituents is 2. The Labute approximate surface area is 116 Å². The zero-order valence-corrected chi connectivity index (χ0v) is 11.5. The standard InChI is InChI=1S/C14H16N4O2/c1-8-6-9(2)16-14(15-8)18-17-10(3)12-7-11(19)4-5-13(12)20/h4-7,19-20H,1-3H3,(H,15,16,18)/b17-10+. The highest BCUT2D eigenvalue weighted by Crippen LogP contribution is 2.22. The molecule has 0 spiro atoms. The summed E-state index contributed by atoms with van der Waals surface area (Å²) >= 11 is 0. The van der Waals surface area contributed by atoms with E-state index in [0.29, 0.717) is 17.2 Å². The molecule has 1 aromatic carbocycles. The first-order valence-electron chi connectivity index (χ1n) is 6.10. The van der Waals surface area contributed by atoms with Gasteiger partial charge in [-0.15, -0.1) is 0 Å². The average molecular weight is 272 g/mol. The number of nitrogens with one attached hydrogen (secondary N) is 1. The maximum atomic E-state index is 9.74. The maximum Gasteiger partial charge on any atom is 0.243 e. The molecule has 0 unspecified atom stereocenters. The molecule has 0 saturated carbocycles. The fraction of sp³-hybridized carbons (Fsp3) is 0.214. The van der Waals surface area contributed by atoms with E-state index in [4.69, 9.17) is 0 Å². The Morgan fingerprint density at radius 2 is 1.75 bits per heavy atom. The molecule has 0 bridgehead atoms. The van der Waals surface area contributed by atoms with Gasteiger partial charge < -0.3 is 10.2 Å². The van der Waals surface area contributed by atoms with Gasteiger partial charge in [0.05, 0.1) is 5.71 Å². The Kier molecular flexibility index (Phi) is 3.84. The van der Waals surface area contributed by atoms with Gasteiger partial charge in [0.2, 0.25) is 5.95 Å². The number of hydrogen-bond donors (Lipinski definition) is 3. The lowest BCUT2D eigenvalue weighted by Crippen LogP contribution is -2.04. The molecule has 2 aromatic rings. The van der Waals surface area contributed by atoms with Gasteiger partial charge in [-0.1, -0.05) is 0 Å². The van der Waals surface area contributed by atoms with Crippen LogP contribution in [0.25, 0.3) is 0 Å². The zero-order chi connectivity index (χ0) is 14.7. The first kappa shape index (κ1) is 13.8. The number of hydrazone groups is 1. The van der Waals surface area contributed by atoms with Gasteiger partial charge >= 0.3 is 0 Å². The van der Waals surface area contributed by atoms with Crippen molar-refractivity contribution < 1.29 is 10.2 Å². The molecule has 104 valence electrons. The van der Waals surface area contributed by atoms with Crippen LogP contribution in [-0.4, -0.2) is 25.9 Å². The number of aromatic nitrogens is 2. The fourth-order valence-electron chi connectivity index (χ4n) is 1.78. The lowest BCUT2D eigenvalue weighted by atomic mass is 10.1. The van der Waals surface area contributed by atoms with E-state index in [0.717, 1.165) is 11.4 Å². The van der Waals surface area contributed by atoms with E-state index in [1.165, 1.54) is 18.2 Å². The normalized spacial score (nSPS) is 11.4. The Morgan fingerprint density at radius 3 is 2.40 bits per heavy atom. The lowest BCUT2D eigenvalue weighted by Gasteiger charge is -2.06. The van der Waals surface area contributed by atoms with Crippen molar-refractivity contribution in [2.24, 2.45) is 5.10 Å². The van der Waals surface area contributed by atoms with Gasteiger partial charge in [-0.25, -0.2) is 15.4 Å². The van der Waals surface area contributed by atoms with Crippen molar-refractivity contribution in [1.82, 2.24) is 9.97 Å². The number of rotatable bonds is 3. The zero-order valence-electron chi connectivity index (χ0n) is 11.5. The second kappa shape index (κ2) is 5.56. The molecule has 0 aliphatic heterocycles. The summed E-state index contributed by atoms with van der Waals surface area (Å²) in [6.45, 7) is 5.46. The summed E-state index contributed by atoms with van der Waals surface area (Å²) in [4.78, 5) is 8.40. The van der Waals surface area contributed by atoms with Crippen LogP contribution in [0.3, 0.4) is 0 Å². The van der Waals surface area contributed by atoms with Crippen LogP contribution < -0.4 is 5.43 Å². The number of phenols is 2. The van der Waals surface area contributed by atoms with E-state index < -0.39 is 0 Å². The first-order valence-corrected chi connectivity index (χ1v) is 6.10. The number of anilines is 1. The van der Waals surface area contributed by atoms with Crippen LogP contribution in [0.2, 0.25) is 0 Å². The molecule has 20 heavy (non-hydrogen) atoms.